The van der Waals surface area contributed by atoms with Crippen LogP contribution < -0.4 is 10.6 Å². The van der Waals surface area contributed by atoms with Crippen LogP contribution in [0.4, 0.5) is 5.69 Å². The molecule has 0 spiro atoms. The summed E-state index contributed by atoms with van der Waals surface area (Å²) in [5.41, 5.74) is 3.23. The predicted molar refractivity (Wildman–Crippen MR) is 106 cm³/mol. The Balaban J connectivity index is 1.68. The highest BCUT2D eigenvalue weighted by atomic mass is 35.5. The van der Waals surface area contributed by atoms with E-state index < -0.39 is 5.91 Å². The first-order valence-corrected chi connectivity index (χ1v) is 8.76. The molecular weight excluding hydrogens is 362 g/mol. The molecule has 0 aliphatic carbocycles. The van der Waals surface area contributed by atoms with Gasteiger partial charge in [-0.25, -0.2) is 0 Å². The van der Waals surface area contributed by atoms with E-state index in [0.29, 0.717) is 22.8 Å². The zero-order chi connectivity index (χ0) is 19.2. The summed E-state index contributed by atoms with van der Waals surface area (Å²) in [6, 6.07) is 17.7. The molecule has 0 radical (unpaired) electrons. The SMILES string of the molecule is Cc1ccccc1CNC(=O)c1ccnc(C(=O)Nc2cccc(Cl)c2)c1. The predicted octanol–water partition coefficient (Wildman–Crippen LogP) is 4.23. The molecule has 3 aromatic rings. The topological polar surface area (TPSA) is 71.1 Å². The average Bonchev–Trinajstić information content (AvgIpc) is 2.67. The molecule has 0 aliphatic heterocycles. The summed E-state index contributed by atoms with van der Waals surface area (Å²) >= 11 is 5.92. The van der Waals surface area contributed by atoms with Crippen molar-refractivity contribution in [1.82, 2.24) is 10.3 Å². The Labute approximate surface area is 162 Å². The summed E-state index contributed by atoms with van der Waals surface area (Å²) in [5.74, 6) is -0.678. The fourth-order valence-corrected chi connectivity index (χ4v) is 2.73. The van der Waals surface area contributed by atoms with Gasteiger partial charge in [0.05, 0.1) is 0 Å². The van der Waals surface area contributed by atoms with E-state index in [-0.39, 0.29) is 11.6 Å². The van der Waals surface area contributed by atoms with Crippen molar-refractivity contribution in [2.75, 3.05) is 5.32 Å². The number of pyridine rings is 1. The molecule has 0 fully saturated rings. The number of carbonyl (C=O) groups is 2. The summed E-state index contributed by atoms with van der Waals surface area (Å²) in [6.45, 7) is 2.41. The van der Waals surface area contributed by atoms with E-state index in [1.54, 1.807) is 30.3 Å². The Kier molecular flexibility index (Phi) is 5.84. The number of nitrogens with zero attached hydrogens (tertiary/aromatic N) is 1. The summed E-state index contributed by atoms with van der Waals surface area (Å²) in [5, 5.41) is 6.10. The number of aryl methyl sites for hydroxylation is 1. The van der Waals surface area contributed by atoms with E-state index in [4.69, 9.17) is 11.6 Å². The van der Waals surface area contributed by atoms with Crippen LogP contribution in [-0.4, -0.2) is 16.8 Å². The van der Waals surface area contributed by atoms with Crippen LogP contribution in [-0.2, 0) is 6.54 Å². The molecule has 1 heterocycles. The zero-order valence-corrected chi connectivity index (χ0v) is 15.5. The lowest BCUT2D eigenvalue weighted by Gasteiger charge is -2.09. The molecule has 3 rings (SSSR count). The molecule has 27 heavy (non-hydrogen) atoms. The standard InChI is InChI=1S/C21H18ClN3O2/c1-14-5-2-3-6-16(14)13-24-20(26)15-9-10-23-19(11-15)21(27)25-18-8-4-7-17(22)12-18/h2-12H,13H2,1H3,(H,24,26)(H,25,27). The van der Waals surface area contributed by atoms with Gasteiger partial charge in [0, 0.05) is 29.0 Å². The molecule has 0 saturated carbocycles. The number of aromatic nitrogens is 1. The van der Waals surface area contributed by atoms with Gasteiger partial charge in [0.15, 0.2) is 0 Å². The van der Waals surface area contributed by atoms with Gasteiger partial charge in [-0.3, -0.25) is 14.6 Å². The number of amides is 2. The Hall–Kier alpha value is -3.18. The first-order valence-electron chi connectivity index (χ1n) is 8.38. The summed E-state index contributed by atoms with van der Waals surface area (Å²) in [6.07, 6.45) is 1.44. The van der Waals surface area contributed by atoms with Crippen LogP contribution in [0.1, 0.15) is 32.0 Å². The Morgan fingerprint density at radius 2 is 1.81 bits per heavy atom. The van der Waals surface area contributed by atoms with Crippen LogP contribution in [0.25, 0.3) is 0 Å². The molecule has 0 bridgehead atoms. The van der Waals surface area contributed by atoms with Gasteiger partial charge in [-0.05, 0) is 48.4 Å². The number of nitrogens with one attached hydrogen (secondary N) is 2. The van der Waals surface area contributed by atoms with Gasteiger partial charge in [-0.15, -0.1) is 0 Å². The molecule has 0 atom stereocenters. The van der Waals surface area contributed by atoms with Crippen molar-refractivity contribution in [3.05, 3.63) is 94.3 Å². The number of hydrogen-bond donors (Lipinski definition) is 2. The maximum absolute atomic E-state index is 12.4. The maximum atomic E-state index is 12.4. The number of halogens is 1. The summed E-state index contributed by atoms with van der Waals surface area (Å²) in [4.78, 5) is 28.8. The van der Waals surface area contributed by atoms with Crippen molar-refractivity contribution in [1.29, 1.82) is 0 Å². The molecule has 2 aromatic carbocycles. The second-order valence-corrected chi connectivity index (χ2v) is 6.44. The highest BCUT2D eigenvalue weighted by molar-refractivity contribution is 6.30. The third-order valence-electron chi connectivity index (χ3n) is 4.04. The van der Waals surface area contributed by atoms with E-state index in [2.05, 4.69) is 15.6 Å². The lowest BCUT2D eigenvalue weighted by Crippen LogP contribution is -2.24. The molecule has 6 heteroatoms. The average molecular weight is 380 g/mol. The first-order chi connectivity index (χ1) is 13.0. The summed E-state index contributed by atoms with van der Waals surface area (Å²) in [7, 11) is 0. The van der Waals surface area contributed by atoms with Crippen molar-refractivity contribution in [3.8, 4) is 0 Å². The highest BCUT2D eigenvalue weighted by Crippen LogP contribution is 2.16. The van der Waals surface area contributed by atoms with Gasteiger partial charge in [-0.2, -0.15) is 0 Å². The fourth-order valence-electron chi connectivity index (χ4n) is 2.54. The molecule has 0 unspecified atom stereocenters. The molecule has 5 nitrogen and oxygen atoms in total. The van der Waals surface area contributed by atoms with Crippen LogP contribution in [0.5, 0.6) is 0 Å². The number of hydrogen-bond acceptors (Lipinski definition) is 3. The number of anilines is 1. The van der Waals surface area contributed by atoms with Gasteiger partial charge >= 0.3 is 0 Å². The van der Waals surface area contributed by atoms with Gasteiger partial charge in [0.25, 0.3) is 11.8 Å². The van der Waals surface area contributed by atoms with E-state index in [1.807, 2.05) is 31.2 Å². The van der Waals surface area contributed by atoms with E-state index in [9.17, 15) is 9.59 Å². The minimum absolute atomic E-state index is 0.151. The lowest BCUT2D eigenvalue weighted by atomic mass is 10.1. The third-order valence-corrected chi connectivity index (χ3v) is 4.27. The molecule has 2 amide bonds. The largest absolute Gasteiger partial charge is 0.348 e. The van der Waals surface area contributed by atoms with Crippen molar-refractivity contribution in [3.63, 3.8) is 0 Å². The Morgan fingerprint density at radius 3 is 2.59 bits per heavy atom. The first kappa shape index (κ1) is 18.6. The normalized spacial score (nSPS) is 10.3. The monoisotopic (exact) mass is 379 g/mol. The smallest absolute Gasteiger partial charge is 0.274 e. The maximum Gasteiger partial charge on any atom is 0.274 e. The zero-order valence-electron chi connectivity index (χ0n) is 14.7. The van der Waals surface area contributed by atoms with Crippen LogP contribution in [0.2, 0.25) is 5.02 Å². The Bertz CT molecular complexity index is 988. The van der Waals surface area contributed by atoms with Crippen LogP contribution in [0.3, 0.4) is 0 Å². The van der Waals surface area contributed by atoms with Gasteiger partial charge in [0.2, 0.25) is 0 Å². The van der Waals surface area contributed by atoms with Crippen molar-refractivity contribution in [2.24, 2.45) is 0 Å². The lowest BCUT2D eigenvalue weighted by molar-refractivity contribution is 0.0950. The number of benzene rings is 2. The minimum Gasteiger partial charge on any atom is -0.348 e. The van der Waals surface area contributed by atoms with Crippen molar-refractivity contribution in [2.45, 2.75) is 13.5 Å². The van der Waals surface area contributed by atoms with Crippen molar-refractivity contribution >= 4 is 29.1 Å². The minimum atomic E-state index is -0.411. The number of carbonyl (C=O) groups excluding carboxylic acids is 2. The second kappa shape index (κ2) is 8.47. The molecule has 136 valence electrons. The molecule has 2 N–H and O–H groups in total. The number of rotatable bonds is 5. The molecule has 0 aliphatic rings. The second-order valence-electron chi connectivity index (χ2n) is 6.00. The molecular formula is C21H18ClN3O2. The van der Waals surface area contributed by atoms with Crippen LogP contribution in [0.15, 0.2) is 66.9 Å². The van der Waals surface area contributed by atoms with Crippen LogP contribution >= 0.6 is 11.6 Å². The quantitative estimate of drug-likeness (QED) is 0.697. The highest BCUT2D eigenvalue weighted by Gasteiger charge is 2.12. The van der Waals surface area contributed by atoms with E-state index in [0.717, 1.165) is 11.1 Å². The summed E-state index contributed by atoms with van der Waals surface area (Å²) < 4.78 is 0. The van der Waals surface area contributed by atoms with Crippen LogP contribution in [0, 0.1) is 6.92 Å². The Morgan fingerprint density at radius 1 is 1.00 bits per heavy atom. The van der Waals surface area contributed by atoms with Gasteiger partial charge in [-0.1, -0.05) is 41.9 Å². The van der Waals surface area contributed by atoms with Crippen molar-refractivity contribution < 1.29 is 9.59 Å². The van der Waals surface area contributed by atoms with Gasteiger partial charge < -0.3 is 10.6 Å². The van der Waals surface area contributed by atoms with Gasteiger partial charge in [0.1, 0.15) is 5.69 Å². The third kappa shape index (κ3) is 4.92. The molecule has 0 saturated heterocycles. The van der Waals surface area contributed by atoms with E-state index >= 15 is 0 Å². The molecule has 1 aromatic heterocycles. The fraction of sp³-hybridized carbons (Fsp3) is 0.0952. The van der Waals surface area contributed by atoms with E-state index in [1.165, 1.54) is 12.3 Å².